The summed E-state index contributed by atoms with van der Waals surface area (Å²) in [5, 5.41) is 5.91. The van der Waals surface area contributed by atoms with Crippen molar-refractivity contribution >= 4 is 83.9 Å². The largest absolute Gasteiger partial charge is 0.456 e. The summed E-state index contributed by atoms with van der Waals surface area (Å²) in [6.45, 7) is 18.3. The van der Waals surface area contributed by atoms with Gasteiger partial charge in [-0.25, -0.2) is 0 Å². The number of rotatable bonds is 3. The lowest BCUT2D eigenvalue weighted by Crippen LogP contribution is -2.60. The predicted octanol–water partition coefficient (Wildman–Crippen LogP) is 16.9. The molecule has 1 aliphatic carbocycles. The molecule has 2 aliphatic heterocycles. The molecule has 0 unspecified atom stereocenters. The molecule has 3 aromatic heterocycles. The molecule has 0 saturated heterocycles. The number of aromatic nitrogens is 1. The molecule has 72 heavy (non-hydrogen) atoms. The minimum atomic E-state index is -0.211. The molecule has 3 aliphatic rings. The van der Waals surface area contributed by atoms with E-state index in [0.29, 0.717) is 0 Å². The van der Waals surface area contributed by atoms with Gasteiger partial charge in [0.2, 0.25) is 0 Å². The van der Waals surface area contributed by atoms with Crippen LogP contribution in [0.5, 0.6) is 0 Å². The molecule has 9 aromatic carbocycles. The van der Waals surface area contributed by atoms with E-state index in [2.05, 4.69) is 241 Å². The normalized spacial score (nSPS) is 14.4. The summed E-state index contributed by atoms with van der Waals surface area (Å²) in [5.74, 6) is 0.877. The standard InChI is InChI=1S/C67H53BN2O2/c1-65(2,3)40-23-26-42(27-24-40)70-56-37-60-50(44-28-25-41(66(4,5)6)31-58(44)71-60)32-48(56)45-29-30-46-49-33-53-47(43-21-15-16-22-52(43)67(53,7)8)34-55(49)69-57-35-51-59(36-54(57)68(70)62(45)63(46)69)72-64(39-19-13-10-14-20-39)61(51)38-17-11-9-12-18-38/h9-37H,1-8H3. The minimum Gasteiger partial charge on any atom is -0.456 e. The van der Waals surface area contributed by atoms with Gasteiger partial charge in [0.05, 0.1) is 11.0 Å². The Kier molecular flexibility index (Phi) is 8.18. The summed E-state index contributed by atoms with van der Waals surface area (Å²) in [6.07, 6.45) is 0. The van der Waals surface area contributed by atoms with Crippen molar-refractivity contribution in [2.75, 3.05) is 4.81 Å². The number of benzene rings is 9. The van der Waals surface area contributed by atoms with Crippen molar-refractivity contribution in [3.8, 4) is 50.4 Å². The highest BCUT2D eigenvalue weighted by molar-refractivity contribution is 6.94. The maximum Gasteiger partial charge on any atom is 0.333 e. The van der Waals surface area contributed by atoms with Crippen LogP contribution >= 0.6 is 0 Å². The van der Waals surface area contributed by atoms with Crippen LogP contribution in [0.3, 0.4) is 0 Å². The molecule has 0 radical (unpaired) electrons. The van der Waals surface area contributed by atoms with E-state index in [9.17, 15) is 0 Å². The van der Waals surface area contributed by atoms with E-state index in [-0.39, 0.29) is 23.1 Å². The van der Waals surface area contributed by atoms with Gasteiger partial charge in [-0.3, -0.25) is 0 Å². The van der Waals surface area contributed by atoms with E-state index in [1.54, 1.807) is 0 Å². The Morgan fingerprint density at radius 2 is 1.12 bits per heavy atom. The van der Waals surface area contributed by atoms with Gasteiger partial charge in [0, 0.05) is 72.2 Å². The Morgan fingerprint density at radius 1 is 0.458 bits per heavy atom. The van der Waals surface area contributed by atoms with Crippen molar-refractivity contribution in [1.82, 2.24) is 4.57 Å². The number of nitrogens with zero attached hydrogens (tertiary/aromatic N) is 2. The molecule has 0 N–H and O–H groups in total. The maximum absolute atomic E-state index is 7.24. The Balaban J connectivity index is 1.10. The zero-order valence-electron chi connectivity index (χ0n) is 42.0. The van der Waals surface area contributed by atoms with Crippen LogP contribution in [-0.4, -0.2) is 11.4 Å². The topological polar surface area (TPSA) is 34.5 Å². The average Bonchev–Trinajstić information content (AvgIpc) is 4.10. The number of fused-ring (bicyclic) bond motifs is 15. The molecule has 15 rings (SSSR count). The third-order valence-corrected chi connectivity index (χ3v) is 16.7. The molecule has 12 aromatic rings. The summed E-state index contributed by atoms with van der Waals surface area (Å²) >= 11 is 0. The lowest BCUT2D eigenvalue weighted by Gasteiger charge is -2.42. The summed E-state index contributed by atoms with van der Waals surface area (Å²) in [5.41, 5.74) is 24.6. The number of anilines is 2. The van der Waals surface area contributed by atoms with E-state index in [1.807, 2.05) is 0 Å². The minimum absolute atomic E-state index is 0.00496. The summed E-state index contributed by atoms with van der Waals surface area (Å²) in [4.78, 5) is 2.61. The van der Waals surface area contributed by atoms with Crippen LogP contribution in [-0.2, 0) is 16.2 Å². The van der Waals surface area contributed by atoms with Crippen molar-refractivity contribution in [3.63, 3.8) is 0 Å². The Bertz CT molecular complexity index is 4310. The molecule has 5 heteroatoms. The molecule has 5 heterocycles. The Labute approximate surface area is 420 Å². The third-order valence-electron chi connectivity index (χ3n) is 16.7. The van der Waals surface area contributed by atoms with E-state index in [1.165, 1.54) is 82.9 Å². The van der Waals surface area contributed by atoms with Gasteiger partial charge >= 0.3 is 6.85 Å². The molecule has 4 nitrogen and oxygen atoms in total. The average molecular weight is 929 g/mol. The highest BCUT2D eigenvalue weighted by atomic mass is 16.3. The van der Waals surface area contributed by atoms with Crippen LogP contribution in [0.1, 0.15) is 77.6 Å². The molecule has 0 bridgehead atoms. The van der Waals surface area contributed by atoms with Crippen molar-refractivity contribution in [1.29, 1.82) is 0 Å². The first-order valence-electron chi connectivity index (χ1n) is 25.6. The van der Waals surface area contributed by atoms with E-state index >= 15 is 0 Å². The first-order valence-corrected chi connectivity index (χ1v) is 25.6. The monoisotopic (exact) mass is 928 g/mol. The van der Waals surface area contributed by atoms with Gasteiger partial charge in [0.25, 0.3) is 0 Å². The number of hydrogen-bond donors (Lipinski definition) is 0. The van der Waals surface area contributed by atoms with Gasteiger partial charge in [0.1, 0.15) is 22.5 Å². The molecule has 0 atom stereocenters. The van der Waals surface area contributed by atoms with Crippen molar-refractivity contribution in [2.24, 2.45) is 0 Å². The van der Waals surface area contributed by atoms with E-state index in [0.717, 1.165) is 66.7 Å². The molecular weight excluding hydrogens is 876 g/mol. The summed E-state index contributed by atoms with van der Waals surface area (Å²) in [6, 6.07) is 66.0. The second-order valence-corrected chi connectivity index (χ2v) is 23.3. The molecule has 346 valence electrons. The lowest BCUT2D eigenvalue weighted by molar-refractivity contribution is 0.587. The highest BCUT2D eigenvalue weighted by Crippen LogP contribution is 2.54. The second kappa shape index (κ2) is 14.1. The quantitative estimate of drug-likeness (QED) is 0.166. The van der Waals surface area contributed by atoms with E-state index in [4.69, 9.17) is 8.83 Å². The van der Waals surface area contributed by atoms with Gasteiger partial charge in [0.15, 0.2) is 0 Å². The predicted molar refractivity (Wildman–Crippen MR) is 303 cm³/mol. The van der Waals surface area contributed by atoms with Crippen LogP contribution < -0.4 is 15.7 Å². The first kappa shape index (κ1) is 41.7. The van der Waals surface area contributed by atoms with Crippen LogP contribution in [0.2, 0.25) is 0 Å². The van der Waals surface area contributed by atoms with Crippen molar-refractivity contribution < 1.29 is 8.83 Å². The molecule has 0 saturated carbocycles. The molecule has 0 spiro atoms. The summed E-state index contributed by atoms with van der Waals surface area (Å²) in [7, 11) is 0. The fourth-order valence-corrected chi connectivity index (χ4v) is 13.0. The van der Waals surface area contributed by atoms with Crippen molar-refractivity contribution in [2.45, 2.75) is 71.6 Å². The lowest BCUT2D eigenvalue weighted by atomic mass is 9.44. The Hall–Kier alpha value is -8.02. The highest BCUT2D eigenvalue weighted by Gasteiger charge is 2.46. The van der Waals surface area contributed by atoms with Crippen LogP contribution in [0, 0.1) is 0 Å². The number of hydrogen-bond acceptors (Lipinski definition) is 3. The molecule has 0 amide bonds. The fraction of sp³-hybridized carbons (Fsp3) is 0.164. The third kappa shape index (κ3) is 5.60. The fourth-order valence-electron chi connectivity index (χ4n) is 13.0. The van der Waals surface area contributed by atoms with Crippen molar-refractivity contribution in [3.05, 3.63) is 198 Å². The van der Waals surface area contributed by atoms with Gasteiger partial charge in [-0.15, -0.1) is 0 Å². The maximum atomic E-state index is 7.24. The van der Waals surface area contributed by atoms with Gasteiger partial charge in [-0.1, -0.05) is 177 Å². The smallest absolute Gasteiger partial charge is 0.333 e. The van der Waals surface area contributed by atoms with Crippen LogP contribution in [0.4, 0.5) is 11.4 Å². The van der Waals surface area contributed by atoms with Crippen LogP contribution in [0.15, 0.2) is 185 Å². The first-order chi connectivity index (χ1) is 34.7. The molecular formula is C67H53BN2O2. The zero-order valence-corrected chi connectivity index (χ0v) is 42.0. The van der Waals surface area contributed by atoms with Crippen LogP contribution in [0.25, 0.3) is 105 Å². The molecule has 0 fully saturated rings. The SMILES string of the molecule is CC(C)(C)c1ccc(N2B3c4cc5oc(-c6ccccc6)c(-c6ccccc6)c5cc4-n4c5cc6c(cc5c5ccc(c3c54)-c3cc4c(cc32)oc2cc(C(C)(C)C)ccc24)C(C)(C)c2ccccc2-6)cc1. The van der Waals surface area contributed by atoms with Gasteiger partial charge in [-0.05, 0) is 115 Å². The van der Waals surface area contributed by atoms with Gasteiger partial charge < -0.3 is 18.2 Å². The number of furan rings is 2. The Morgan fingerprint density at radius 3 is 1.88 bits per heavy atom. The summed E-state index contributed by atoms with van der Waals surface area (Å²) < 4.78 is 16.8. The van der Waals surface area contributed by atoms with Gasteiger partial charge in [-0.2, -0.15) is 0 Å². The second-order valence-electron chi connectivity index (χ2n) is 23.3. The van der Waals surface area contributed by atoms with E-state index < -0.39 is 0 Å². The zero-order chi connectivity index (χ0) is 48.7.